The van der Waals surface area contributed by atoms with Crippen molar-refractivity contribution in [3.05, 3.63) is 271 Å². The molecule has 0 saturated heterocycles. The third-order valence-electron chi connectivity index (χ3n) is 13.1. The van der Waals surface area contributed by atoms with Crippen molar-refractivity contribution in [1.82, 2.24) is 0 Å². The van der Waals surface area contributed by atoms with E-state index in [1.807, 2.05) is 0 Å². The molecule has 12 rings (SSSR count). The fraction of sp³-hybridized carbons (Fsp3) is 0.0164. The lowest BCUT2D eigenvalue weighted by Gasteiger charge is -2.34. The Labute approximate surface area is 362 Å². The van der Waals surface area contributed by atoms with Gasteiger partial charge in [0.15, 0.2) is 0 Å². The summed E-state index contributed by atoms with van der Waals surface area (Å²) in [5, 5.41) is 7.56. The Morgan fingerprint density at radius 1 is 0.290 bits per heavy atom. The molecule has 1 aliphatic carbocycles. The van der Waals surface area contributed by atoms with Crippen LogP contribution < -0.4 is 4.90 Å². The van der Waals surface area contributed by atoms with Gasteiger partial charge in [-0.3, -0.25) is 0 Å². The molecule has 1 aliphatic rings. The highest BCUT2D eigenvalue weighted by molar-refractivity contribution is 6.14. The Morgan fingerprint density at radius 2 is 0.823 bits per heavy atom. The van der Waals surface area contributed by atoms with E-state index in [0.717, 1.165) is 17.1 Å². The second kappa shape index (κ2) is 14.6. The van der Waals surface area contributed by atoms with Crippen LogP contribution in [0.2, 0.25) is 0 Å². The molecule has 11 aromatic carbocycles. The van der Waals surface area contributed by atoms with Crippen molar-refractivity contribution < 1.29 is 0 Å². The summed E-state index contributed by atoms with van der Waals surface area (Å²) >= 11 is 0. The number of benzene rings is 11. The zero-order chi connectivity index (χ0) is 41.0. The summed E-state index contributed by atoms with van der Waals surface area (Å²) < 4.78 is 0. The van der Waals surface area contributed by atoms with Gasteiger partial charge in [0.05, 0.1) is 11.1 Å². The van der Waals surface area contributed by atoms with E-state index in [1.54, 1.807) is 0 Å². The van der Waals surface area contributed by atoms with E-state index >= 15 is 0 Å². The van der Waals surface area contributed by atoms with Crippen molar-refractivity contribution in [2.75, 3.05) is 4.90 Å². The van der Waals surface area contributed by atoms with Gasteiger partial charge in [-0.1, -0.05) is 206 Å². The molecule has 1 heteroatoms. The smallest absolute Gasteiger partial charge is 0.0714 e. The van der Waals surface area contributed by atoms with E-state index in [0.29, 0.717) is 0 Å². The number of fused-ring (bicyclic) bond motifs is 7. The molecule has 0 unspecified atom stereocenters. The molecule has 0 atom stereocenters. The van der Waals surface area contributed by atoms with E-state index in [4.69, 9.17) is 0 Å². The molecule has 0 spiro atoms. The van der Waals surface area contributed by atoms with E-state index in [1.165, 1.54) is 88.0 Å². The van der Waals surface area contributed by atoms with Crippen LogP contribution in [-0.2, 0) is 5.41 Å². The van der Waals surface area contributed by atoms with Gasteiger partial charge in [-0.15, -0.1) is 0 Å². The predicted molar refractivity (Wildman–Crippen MR) is 262 cm³/mol. The molecule has 1 nitrogen and oxygen atoms in total. The van der Waals surface area contributed by atoms with Gasteiger partial charge in [-0.2, -0.15) is 0 Å². The topological polar surface area (TPSA) is 3.24 Å². The van der Waals surface area contributed by atoms with Crippen LogP contribution in [0.15, 0.2) is 249 Å². The van der Waals surface area contributed by atoms with Gasteiger partial charge in [0.25, 0.3) is 0 Å². The van der Waals surface area contributed by atoms with Crippen LogP contribution in [0, 0.1) is 0 Å². The van der Waals surface area contributed by atoms with Crippen molar-refractivity contribution in [3.8, 4) is 33.4 Å². The van der Waals surface area contributed by atoms with Gasteiger partial charge in [-0.05, 0) is 125 Å². The van der Waals surface area contributed by atoms with Crippen LogP contribution in [-0.4, -0.2) is 0 Å². The third-order valence-corrected chi connectivity index (χ3v) is 13.1. The minimum atomic E-state index is -0.503. The van der Waals surface area contributed by atoms with Crippen molar-refractivity contribution in [2.24, 2.45) is 0 Å². The molecule has 0 amide bonds. The van der Waals surface area contributed by atoms with Crippen LogP contribution >= 0.6 is 0 Å². The summed E-state index contributed by atoms with van der Waals surface area (Å²) in [6, 6.07) is 91.6. The van der Waals surface area contributed by atoms with Crippen molar-refractivity contribution in [3.63, 3.8) is 0 Å². The fourth-order valence-electron chi connectivity index (χ4n) is 10.3. The van der Waals surface area contributed by atoms with Gasteiger partial charge < -0.3 is 4.90 Å². The first-order valence-electron chi connectivity index (χ1n) is 21.5. The highest BCUT2D eigenvalue weighted by Gasteiger charge is 2.47. The average Bonchev–Trinajstić information content (AvgIpc) is 3.66. The number of hydrogen-bond donors (Lipinski definition) is 0. The lowest BCUT2D eigenvalue weighted by Crippen LogP contribution is -2.28. The van der Waals surface area contributed by atoms with E-state index in [2.05, 4.69) is 254 Å². The second-order valence-corrected chi connectivity index (χ2v) is 16.4. The molecule has 62 heavy (non-hydrogen) atoms. The van der Waals surface area contributed by atoms with Crippen LogP contribution in [0.25, 0.3) is 65.7 Å². The molecule has 0 bridgehead atoms. The Hall–Kier alpha value is -8.00. The molecule has 0 saturated carbocycles. The van der Waals surface area contributed by atoms with Gasteiger partial charge in [0.1, 0.15) is 0 Å². The maximum Gasteiger partial charge on any atom is 0.0714 e. The first-order valence-corrected chi connectivity index (χ1v) is 21.5. The number of rotatable bonds is 7. The van der Waals surface area contributed by atoms with E-state index in [9.17, 15) is 0 Å². The number of anilines is 3. The monoisotopic (exact) mass is 787 g/mol. The predicted octanol–water partition coefficient (Wildman–Crippen LogP) is 16.3. The molecule has 0 aromatic heterocycles. The lowest BCUT2D eigenvalue weighted by atomic mass is 9.68. The summed E-state index contributed by atoms with van der Waals surface area (Å²) in [5.74, 6) is 0. The maximum atomic E-state index is 2.47. The van der Waals surface area contributed by atoms with E-state index < -0.39 is 5.41 Å². The summed E-state index contributed by atoms with van der Waals surface area (Å²) in [6.07, 6.45) is 0. The average molecular weight is 788 g/mol. The SMILES string of the molecule is c1ccc(C2(c3ccccc3)c3ccccc3-c3c(N(c4ccc(-c5ccc6ccccc6c5)cc4)c4ccc(-c5cc6ccccc6c6ccccc56)cc4)cccc32)cc1. The van der Waals surface area contributed by atoms with E-state index in [-0.39, 0.29) is 0 Å². The van der Waals surface area contributed by atoms with Crippen molar-refractivity contribution in [2.45, 2.75) is 5.41 Å². The first-order chi connectivity index (χ1) is 30.8. The zero-order valence-electron chi connectivity index (χ0n) is 34.1. The van der Waals surface area contributed by atoms with Gasteiger partial charge >= 0.3 is 0 Å². The first kappa shape index (κ1) is 35.9. The molecule has 11 aromatic rings. The van der Waals surface area contributed by atoms with Gasteiger partial charge in [-0.25, -0.2) is 0 Å². The summed E-state index contributed by atoms with van der Waals surface area (Å²) in [5.41, 5.74) is 15.3. The number of hydrogen-bond acceptors (Lipinski definition) is 1. The molecule has 0 N–H and O–H groups in total. The van der Waals surface area contributed by atoms with Crippen molar-refractivity contribution in [1.29, 1.82) is 0 Å². The molecule has 0 fully saturated rings. The zero-order valence-corrected chi connectivity index (χ0v) is 34.1. The maximum absolute atomic E-state index is 2.47. The fourth-order valence-corrected chi connectivity index (χ4v) is 10.3. The number of nitrogens with zero attached hydrogens (tertiary/aromatic N) is 1. The largest absolute Gasteiger partial charge is 0.310 e. The van der Waals surface area contributed by atoms with Crippen LogP contribution in [0.1, 0.15) is 22.3 Å². The Bertz CT molecular complexity index is 3400. The molecule has 290 valence electrons. The van der Waals surface area contributed by atoms with Crippen LogP contribution in [0.4, 0.5) is 17.1 Å². The Balaban J connectivity index is 1.07. The van der Waals surface area contributed by atoms with Gasteiger partial charge in [0, 0.05) is 16.9 Å². The van der Waals surface area contributed by atoms with Gasteiger partial charge in [0.2, 0.25) is 0 Å². The highest BCUT2D eigenvalue weighted by Crippen LogP contribution is 2.59. The van der Waals surface area contributed by atoms with Crippen molar-refractivity contribution >= 4 is 49.4 Å². The third kappa shape index (κ3) is 5.63. The Kier molecular flexibility index (Phi) is 8.47. The molecule has 0 radical (unpaired) electrons. The standard InChI is InChI=1S/C61H41N/c1-3-19-48(20-4-1)61(49-21-5-2-6-22-49)57-27-14-13-26-55(57)60-58(61)28-15-29-59(60)62(50-36-32-43(33-37-50)46-31-30-42-16-7-8-17-45(42)40-46)51-38-34-44(35-39-51)56-41-47-18-9-10-23-52(47)53-24-11-12-25-54(53)56/h1-41H. The minimum Gasteiger partial charge on any atom is -0.310 e. The summed E-state index contributed by atoms with van der Waals surface area (Å²) in [4.78, 5) is 2.47. The Morgan fingerprint density at radius 3 is 1.53 bits per heavy atom. The molecular weight excluding hydrogens is 747 g/mol. The highest BCUT2D eigenvalue weighted by atomic mass is 15.1. The lowest BCUT2D eigenvalue weighted by molar-refractivity contribution is 0.768. The summed E-state index contributed by atoms with van der Waals surface area (Å²) in [6.45, 7) is 0. The molecule has 0 aliphatic heterocycles. The minimum absolute atomic E-state index is 0.503. The summed E-state index contributed by atoms with van der Waals surface area (Å²) in [7, 11) is 0. The van der Waals surface area contributed by atoms with Crippen LogP contribution in [0.5, 0.6) is 0 Å². The quantitative estimate of drug-likeness (QED) is 0.145. The normalized spacial score (nSPS) is 12.6. The van der Waals surface area contributed by atoms with Crippen LogP contribution in [0.3, 0.4) is 0 Å². The molecule has 0 heterocycles. The molecular formula is C61H41N. The second-order valence-electron chi connectivity index (χ2n) is 16.4.